The van der Waals surface area contributed by atoms with Crippen molar-refractivity contribution in [3.63, 3.8) is 0 Å². The zero-order valence-electron chi connectivity index (χ0n) is 17.1. The summed E-state index contributed by atoms with van der Waals surface area (Å²) in [5, 5.41) is 5.79. The minimum absolute atomic E-state index is 0.128. The Balaban J connectivity index is 1.27. The monoisotopic (exact) mass is 485 g/mol. The van der Waals surface area contributed by atoms with Crippen molar-refractivity contribution in [2.24, 2.45) is 0 Å². The molecule has 1 saturated heterocycles. The molecule has 0 saturated carbocycles. The molecule has 168 valence electrons. The minimum atomic E-state index is -0.666. The number of imide groups is 1. The molecular weight excluding hydrogens is 469 g/mol. The number of aromatic nitrogens is 2. The number of hydrogen-bond donors (Lipinski definition) is 3. The average Bonchev–Trinajstić information content (AvgIpc) is 3.33. The van der Waals surface area contributed by atoms with Crippen molar-refractivity contribution >= 4 is 57.9 Å². The summed E-state index contributed by atoms with van der Waals surface area (Å²) in [6.45, 7) is 0.491. The molecular formula is C22H17Cl2N5O4. The first kappa shape index (κ1) is 21.4. The van der Waals surface area contributed by atoms with Crippen LogP contribution in [0.1, 0.15) is 44.9 Å². The molecule has 9 nitrogen and oxygen atoms in total. The smallest absolute Gasteiger partial charge is 0.287 e. The Morgan fingerprint density at radius 2 is 1.94 bits per heavy atom. The number of H-pyrrole nitrogens is 1. The van der Waals surface area contributed by atoms with Crippen LogP contribution < -0.4 is 10.6 Å². The summed E-state index contributed by atoms with van der Waals surface area (Å²) < 4.78 is 0. The molecule has 1 aromatic heterocycles. The van der Waals surface area contributed by atoms with E-state index < -0.39 is 17.9 Å². The molecule has 2 aliphatic rings. The van der Waals surface area contributed by atoms with E-state index in [9.17, 15) is 19.2 Å². The van der Waals surface area contributed by atoms with E-state index in [1.807, 2.05) is 6.07 Å². The Bertz CT molecular complexity index is 1310. The van der Waals surface area contributed by atoms with E-state index in [2.05, 4.69) is 20.6 Å². The number of aromatic amines is 1. The molecule has 1 unspecified atom stereocenters. The van der Waals surface area contributed by atoms with Crippen molar-refractivity contribution in [1.29, 1.82) is 0 Å². The van der Waals surface area contributed by atoms with Crippen LogP contribution in [0.4, 0.5) is 0 Å². The number of rotatable bonds is 4. The van der Waals surface area contributed by atoms with Gasteiger partial charge in [-0.15, -0.1) is 0 Å². The van der Waals surface area contributed by atoms with Crippen LogP contribution in [0.5, 0.6) is 0 Å². The first-order valence-electron chi connectivity index (χ1n) is 10.2. The summed E-state index contributed by atoms with van der Waals surface area (Å²) in [7, 11) is 0. The highest BCUT2D eigenvalue weighted by Crippen LogP contribution is 2.29. The SMILES string of the molecule is O=C1CCC(N2Cc3cc(CNC(=O)c4nc5cc(Cl)c(Cl)cc5[nH]4)ccc3C2=O)C(=O)N1. The first-order valence-corrected chi connectivity index (χ1v) is 10.9. The summed E-state index contributed by atoms with van der Waals surface area (Å²) in [6, 6.07) is 7.80. The normalized spacial score (nSPS) is 17.9. The maximum Gasteiger partial charge on any atom is 0.287 e. The molecule has 3 N–H and O–H groups in total. The molecule has 11 heteroatoms. The molecule has 0 aliphatic carbocycles. The highest BCUT2D eigenvalue weighted by molar-refractivity contribution is 6.42. The molecule has 0 spiro atoms. The van der Waals surface area contributed by atoms with Gasteiger partial charge in [0.25, 0.3) is 11.8 Å². The lowest BCUT2D eigenvalue weighted by Gasteiger charge is -2.29. The van der Waals surface area contributed by atoms with Crippen LogP contribution in [0.2, 0.25) is 10.0 Å². The Kier molecular flexibility index (Phi) is 5.30. The zero-order valence-corrected chi connectivity index (χ0v) is 18.6. The maximum absolute atomic E-state index is 12.8. The fourth-order valence-electron chi connectivity index (χ4n) is 4.12. The molecule has 2 aromatic carbocycles. The number of benzene rings is 2. The third-order valence-electron chi connectivity index (χ3n) is 5.78. The van der Waals surface area contributed by atoms with Crippen molar-refractivity contribution in [2.75, 3.05) is 0 Å². The van der Waals surface area contributed by atoms with Crippen molar-refractivity contribution in [3.8, 4) is 0 Å². The maximum atomic E-state index is 12.8. The highest BCUT2D eigenvalue weighted by atomic mass is 35.5. The van der Waals surface area contributed by atoms with E-state index in [0.717, 1.165) is 11.1 Å². The Morgan fingerprint density at radius 1 is 1.15 bits per heavy atom. The van der Waals surface area contributed by atoms with Crippen LogP contribution in [-0.4, -0.2) is 44.5 Å². The molecule has 3 heterocycles. The van der Waals surface area contributed by atoms with E-state index in [1.54, 1.807) is 24.3 Å². The second-order valence-corrected chi connectivity index (χ2v) is 8.76. The van der Waals surface area contributed by atoms with Crippen molar-refractivity contribution in [3.05, 3.63) is 62.9 Å². The molecule has 33 heavy (non-hydrogen) atoms. The molecule has 1 fully saturated rings. The number of halogens is 2. The number of piperidine rings is 1. The van der Waals surface area contributed by atoms with Gasteiger partial charge in [0.05, 0.1) is 21.1 Å². The van der Waals surface area contributed by atoms with Gasteiger partial charge in [0, 0.05) is 25.1 Å². The summed E-state index contributed by atoms with van der Waals surface area (Å²) in [6.07, 6.45) is 0.509. The molecule has 5 rings (SSSR count). The lowest BCUT2D eigenvalue weighted by Crippen LogP contribution is -2.52. The van der Waals surface area contributed by atoms with Crippen LogP contribution in [0.3, 0.4) is 0 Å². The molecule has 1 atom stereocenters. The van der Waals surface area contributed by atoms with Crippen LogP contribution in [0.25, 0.3) is 11.0 Å². The van der Waals surface area contributed by atoms with Gasteiger partial charge in [-0.05, 0) is 35.7 Å². The largest absolute Gasteiger partial charge is 0.345 e. The molecule has 3 aromatic rings. The van der Waals surface area contributed by atoms with Gasteiger partial charge in [-0.2, -0.15) is 0 Å². The Labute approximate surface area is 197 Å². The topological polar surface area (TPSA) is 124 Å². The standard InChI is InChI=1S/C22H17Cl2N5O4/c23-13-6-15-16(7-14(13)24)27-19(26-15)21(32)25-8-10-1-2-12-11(5-10)9-29(22(12)33)17-3-4-18(30)28-20(17)31/h1-2,5-7,17H,3-4,8-9H2,(H,25,32)(H,26,27)(H,28,30,31). The van der Waals surface area contributed by atoms with E-state index in [0.29, 0.717) is 33.1 Å². The third kappa shape index (κ3) is 3.94. The highest BCUT2D eigenvalue weighted by Gasteiger charge is 2.39. The Morgan fingerprint density at radius 3 is 2.73 bits per heavy atom. The van der Waals surface area contributed by atoms with Gasteiger partial charge < -0.3 is 15.2 Å². The minimum Gasteiger partial charge on any atom is -0.345 e. The molecule has 0 bridgehead atoms. The van der Waals surface area contributed by atoms with E-state index >= 15 is 0 Å². The Hall–Kier alpha value is -3.43. The number of amides is 4. The van der Waals surface area contributed by atoms with Crippen molar-refractivity contribution < 1.29 is 19.2 Å². The predicted molar refractivity (Wildman–Crippen MR) is 120 cm³/mol. The number of hydrogen-bond acceptors (Lipinski definition) is 5. The molecule has 0 radical (unpaired) electrons. The second kappa shape index (κ2) is 8.17. The van der Waals surface area contributed by atoms with Gasteiger partial charge in [-0.25, -0.2) is 4.98 Å². The first-order chi connectivity index (χ1) is 15.8. The van der Waals surface area contributed by atoms with Crippen LogP contribution in [0, 0.1) is 0 Å². The van der Waals surface area contributed by atoms with E-state index in [-0.39, 0.29) is 37.1 Å². The van der Waals surface area contributed by atoms with Gasteiger partial charge >= 0.3 is 0 Å². The van der Waals surface area contributed by atoms with E-state index in [4.69, 9.17) is 23.2 Å². The molecule has 4 amide bonds. The number of imidazole rings is 1. The fourth-order valence-corrected chi connectivity index (χ4v) is 4.44. The summed E-state index contributed by atoms with van der Waals surface area (Å²) in [5.41, 5.74) is 3.20. The fraction of sp³-hybridized carbons (Fsp3) is 0.227. The number of carbonyl (C=O) groups excluding carboxylic acids is 4. The van der Waals surface area contributed by atoms with E-state index in [1.165, 1.54) is 4.90 Å². The van der Waals surface area contributed by atoms with Crippen molar-refractivity contribution in [1.82, 2.24) is 25.5 Å². The quantitative estimate of drug-likeness (QED) is 0.489. The summed E-state index contributed by atoms with van der Waals surface area (Å²) in [5.74, 6) is -1.29. The third-order valence-corrected chi connectivity index (χ3v) is 6.50. The van der Waals surface area contributed by atoms with Gasteiger partial charge in [0.1, 0.15) is 6.04 Å². The van der Waals surface area contributed by atoms with Gasteiger partial charge in [0.15, 0.2) is 5.82 Å². The number of nitrogens with one attached hydrogen (secondary N) is 3. The lowest BCUT2D eigenvalue weighted by molar-refractivity contribution is -0.136. The summed E-state index contributed by atoms with van der Waals surface area (Å²) >= 11 is 12.0. The molecule has 2 aliphatic heterocycles. The van der Waals surface area contributed by atoms with Gasteiger partial charge in [0.2, 0.25) is 11.8 Å². The number of fused-ring (bicyclic) bond motifs is 2. The van der Waals surface area contributed by atoms with Crippen LogP contribution >= 0.6 is 23.2 Å². The van der Waals surface area contributed by atoms with Gasteiger partial charge in [-0.3, -0.25) is 24.5 Å². The van der Waals surface area contributed by atoms with Crippen molar-refractivity contribution in [2.45, 2.75) is 32.0 Å². The number of carbonyl (C=O) groups is 4. The van der Waals surface area contributed by atoms with Crippen LogP contribution in [0.15, 0.2) is 30.3 Å². The number of nitrogens with zero attached hydrogens (tertiary/aromatic N) is 2. The van der Waals surface area contributed by atoms with Gasteiger partial charge in [-0.1, -0.05) is 35.3 Å². The second-order valence-electron chi connectivity index (χ2n) is 7.94. The predicted octanol–water partition coefficient (Wildman–Crippen LogP) is 2.56. The average molecular weight is 486 g/mol. The zero-order chi connectivity index (χ0) is 23.3. The van der Waals surface area contributed by atoms with Crippen LogP contribution in [-0.2, 0) is 22.7 Å². The summed E-state index contributed by atoms with van der Waals surface area (Å²) in [4.78, 5) is 57.6. The lowest BCUT2D eigenvalue weighted by atomic mass is 10.0.